The quantitative estimate of drug-likeness (QED) is 0.518. The lowest BCUT2D eigenvalue weighted by atomic mass is 10.2. The minimum absolute atomic E-state index is 0.653. The second-order valence-electron chi connectivity index (χ2n) is 3.77. The first-order valence-corrected chi connectivity index (χ1v) is 5.74. The maximum atomic E-state index is 4.55. The number of hydrogen-bond acceptors (Lipinski definition) is 2. The summed E-state index contributed by atoms with van der Waals surface area (Å²) in [7, 11) is 0. The lowest BCUT2D eigenvalue weighted by Gasteiger charge is -2.04. The average Bonchev–Trinajstić information content (AvgIpc) is 2.51. The monoisotopic (exact) mass is 226 g/mol. The molecule has 1 aliphatic rings. The number of rotatable bonds is 3. The Morgan fingerprint density at radius 2 is 2.24 bits per heavy atom. The molecular weight excluding hydrogens is 208 g/mol. The summed E-state index contributed by atoms with van der Waals surface area (Å²) in [6, 6.07) is 0. The van der Waals surface area contributed by atoms with Crippen LogP contribution in [-0.4, -0.2) is 11.4 Å². The fourth-order valence-electron chi connectivity index (χ4n) is 1.49. The van der Waals surface area contributed by atoms with E-state index in [0.717, 1.165) is 22.8 Å². The third kappa shape index (κ3) is 4.24. The van der Waals surface area contributed by atoms with E-state index in [1.54, 1.807) is 0 Å². The van der Waals surface area contributed by atoms with Crippen LogP contribution in [0, 0.1) is 11.8 Å². The Morgan fingerprint density at radius 3 is 2.88 bits per heavy atom. The molecule has 88 valence electrons. The van der Waals surface area contributed by atoms with Gasteiger partial charge in [-0.1, -0.05) is 24.0 Å². The van der Waals surface area contributed by atoms with Crippen LogP contribution in [0.4, 0.5) is 0 Å². The maximum absolute atomic E-state index is 4.55. The molecule has 0 atom stereocenters. The Labute approximate surface area is 104 Å². The lowest BCUT2D eigenvalue weighted by Crippen LogP contribution is -2.02. The molecule has 0 fully saturated rings. The average molecular weight is 226 g/mol. The second-order valence-corrected chi connectivity index (χ2v) is 3.77. The van der Waals surface area contributed by atoms with Gasteiger partial charge in [-0.3, -0.25) is 9.98 Å². The van der Waals surface area contributed by atoms with Crippen molar-refractivity contribution in [3.8, 4) is 11.8 Å². The van der Waals surface area contributed by atoms with E-state index in [2.05, 4.69) is 21.8 Å². The van der Waals surface area contributed by atoms with E-state index in [9.17, 15) is 0 Å². The van der Waals surface area contributed by atoms with Gasteiger partial charge in [-0.05, 0) is 33.8 Å². The molecule has 0 aromatic heterocycles. The molecule has 0 spiro atoms. The molecule has 0 aromatic rings. The number of hydrogen-bond donors (Lipinski definition) is 0. The molecule has 1 heterocycles. The van der Waals surface area contributed by atoms with Crippen molar-refractivity contribution >= 4 is 11.4 Å². The first-order chi connectivity index (χ1) is 8.17. The van der Waals surface area contributed by atoms with Crippen LogP contribution in [0.5, 0.6) is 0 Å². The molecule has 0 amide bonds. The van der Waals surface area contributed by atoms with Gasteiger partial charge in [-0.15, -0.1) is 0 Å². The summed E-state index contributed by atoms with van der Waals surface area (Å²) in [4.78, 5) is 9.06. The minimum Gasteiger partial charge on any atom is -0.254 e. The van der Waals surface area contributed by atoms with Gasteiger partial charge in [0.2, 0.25) is 0 Å². The third-order valence-electron chi connectivity index (χ3n) is 2.22. The van der Waals surface area contributed by atoms with Crippen molar-refractivity contribution in [1.82, 2.24) is 0 Å². The lowest BCUT2D eigenvalue weighted by molar-refractivity contribution is 1.26. The van der Waals surface area contributed by atoms with Gasteiger partial charge in [0.05, 0.1) is 17.8 Å². The van der Waals surface area contributed by atoms with Crippen LogP contribution in [0.25, 0.3) is 0 Å². The van der Waals surface area contributed by atoms with E-state index in [0.29, 0.717) is 6.42 Å². The molecule has 0 bridgehead atoms. The molecule has 1 aliphatic heterocycles. The van der Waals surface area contributed by atoms with E-state index in [-0.39, 0.29) is 0 Å². The molecule has 0 radical (unpaired) electrons. The summed E-state index contributed by atoms with van der Waals surface area (Å²) in [5, 5.41) is 0. The smallest absolute Gasteiger partial charge is 0.0815 e. The van der Waals surface area contributed by atoms with Crippen molar-refractivity contribution < 1.29 is 0 Å². The first-order valence-electron chi connectivity index (χ1n) is 5.74. The zero-order valence-corrected chi connectivity index (χ0v) is 10.9. The van der Waals surface area contributed by atoms with Crippen LogP contribution in [0.2, 0.25) is 0 Å². The van der Waals surface area contributed by atoms with E-state index >= 15 is 0 Å². The highest BCUT2D eigenvalue weighted by Gasteiger charge is 2.06. The Morgan fingerprint density at radius 1 is 1.47 bits per heavy atom. The predicted octanol–water partition coefficient (Wildman–Crippen LogP) is 3.68. The first kappa shape index (κ1) is 13.2. The number of aliphatic imine (C=N–C) groups is 2. The molecular formula is C15H18N2. The van der Waals surface area contributed by atoms with Gasteiger partial charge in [0, 0.05) is 17.5 Å². The zero-order chi connectivity index (χ0) is 12.7. The van der Waals surface area contributed by atoms with Crippen molar-refractivity contribution in [1.29, 1.82) is 0 Å². The highest BCUT2D eigenvalue weighted by molar-refractivity contribution is 6.05. The Hall–Kier alpha value is -1.88. The summed E-state index contributed by atoms with van der Waals surface area (Å²) in [6.07, 6.45) is 8.43. The highest BCUT2D eigenvalue weighted by atomic mass is 14.8. The molecule has 2 heteroatoms. The second kappa shape index (κ2) is 6.65. The van der Waals surface area contributed by atoms with Crippen molar-refractivity contribution in [2.75, 3.05) is 0 Å². The van der Waals surface area contributed by atoms with E-state index < -0.39 is 0 Å². The van der Waals surface area contributed by atoms with Gasteiger partial charge in [-0.25, -0.2) is 0 Å². The van der Waals surface area contributed by atoms with Crippen LogP contribution in [0.1, 0.15) is 34.1 Å². The predicted molar refractivity (Wildman–Crippen MR) is 75.3 cm³/mol. The van der Waals surface area contributed by atoms with E-state index in [4.69, 9.17) is 0 Å². The standard InChI is InChI=1S/C15H18N2/c1-5-9-12(3)16-14(6-2)15-11-8-7-10-13(4)17-15/h5-6,9-10H,11H2,1-4H3/b9-5-,14-6-,16-12-. The van der Waals surface area contributed by atoms with Gasteiger partial charge in [0.25, 0.3) is 0 Å². The molecule has 2 nitrogen and oxygen atoms in total. The molecule has 0 saturated heterocycles. The van der Waals surface area contributed by atoms with Crippen LogP contribution >= 0.6 is 0 Å². The Kier molecular flexibility index (Phi) is 5.16. The Balaban J connectivity index is 3.03. The maximum Gasteiger partial charge on any atom is 0.0815 e. The largest absolute Gasteiger partial charge is 0.254 e. The van der Waals surface area contributed by atoms with Gasteiger partial charge in [0.1, 0.15) is 0 Å². The summed E-state index contributed by atoms with van der Waals surface area (Å²) in [6.45, 7) is 7.89. The SMILES string of the molecule is C\C=C/C(C)=N\C(=C/C)C1=NC(C)=CC#CC1. The van der Waals surface area contributed by atoms with E-state index in [1.165, 1.54) is 0 Å². The van der Waals surface area contributed by atoms with Crippen molar-refractivity contribution in [3.63, 3.8) is 0 Å². The van der Waals surface area contributed by atoms with Crippen LogP contribution in [-0.2, 0) is 0 Å². The summed E-state index contributed by atoms with van der Waals surface area (Å²) in [5.74, 6) is 6.03. The van der Waals surface area contributed by atoms with Crippen LogP contribution in [0.15, 0.2) is 45.7 Å². The van der Waals surface area contributed by atoms with E-state index in [1.807, 2.05) is 52.0 Å². The fraction of sp³-hybridized carbons (Fsp3) is 0.333. The van der Waals surface area contributed by atoms with Crippen LogP contribution in [0.3, 0.4) is 0 Å². The van der Waals surface area contributed by atoms with Gasteiger partial charge >= 0.3 is 0 Å². The molecule has 0 saturated carbocycles. The highest BCUT2D eigenvalue weighted by Crippen LogP contribution is 2.10. The number of nitrogens with zero attached hydrogens (tertiary/aromatic N) is 2. The Bertz CT molecular complexity index is 489. The third-order valence-corrected chi connectivity index (χ3v) is 2.22. The normalized spacial score (nSPS) is 17.2. The zero-order valence-electron chi connectivity index (χ0n) is 10.9. The molecule has 0 N–H and O–H groups in total. The van der Waals surface area contributed by atoms with Crippen molar-refractivity contribution in [2.45, 2.75) is 34.1 Å². The van der Waals surface area contributed by atoms with Crippen LogP contribution < -0.4 is 0 Å². The number of allylic oxidation sites excluding steroid dienone is 6. The molecule has 0 aliphatic carbocycles. The minimum atomic E-state index is 0.653. The molecule has 1 rings (SSSR count). The fourth-order valence-corrected chi connectivity index (χ4v) is 1.49. The summed E-state index contributed by atoms with van der Waals surface area (Å²) in [5.41, 5.74) is 3.75. The molecule has 0 unspecified atom stereocenters. The van der Waals surface area contributed by atoms with Gasteiger partial charge < -0.3 is 0 Å². The summed E-state index contributed by atoms with van der Waals surface area (Å²) < 4.78 is 0. The topological polar surface area (TPSA) is 24.7 Å². The van der Waals surface area contributed by atoms with Gasteiger partial charge in [0.15, 0.2) is 0 Å². The van der Waals surface area contributed by atoms with Crippen molar-refractivity contribution in [3.05, 3.63) is 35.7 Å². The van der Waals surface area contributed by atoms with Gasteiger partial charge in [-0.2, -0.15) is 0 Å². The van der Waals surface area contributed by atoms with Crippen molar-refractivity contribution in [2.24, 2.45) is 9.98 Å². The molecule has 0 aromatic carbocycles. The summed E-state index contributed by atoms with van der Waals surface area (Å²) >= 11 is 0. The molecule has 17 heavy (non-hydrogen) atoms.